The van der Waals surface area contributed by atoms with Gasteiger partial charge in [-0.05, 0) is 30.5 Å². The van der Waals surface area contributed by atoms with Crippen molar-refractivity contribution in [3.05, 3.63) is 108 Å². The Morgan fingerprint density at radius 1 is 0.561 bits per heavy atom. The lowest BCUT2D eigenvalue weighted by Crippen LogP contribution is -2.54. The molecule has 0 bridgehead atoms. The van der Waals surface area contributed by atoms with Crippen LogP contribution in [0.1, 0.15) is 43.4 Å². The van der Waals surface area contributed by atoms with E-state index in [2.05, 4.69) is 36.4 Å². The van der Waals surface area contributed by atoms with Crippen LogP contribution in [0.3, 0.4) is 0 Å². The Morgan fingerprint density at radius 3 is 1.46 bits per heavy atom. The molecule has 0 N–H and O–H groups in total. The molecule has 2 heterocycles. The Bertz CT molecular complexity index is 1150. The molecular formula is C34H42O7. The standard InChI is InChI=1S/C34H42O7/c1-24-33(37-22-27-15-9-5-10-16-27)29(36-21-26-13-7-4-8-14-26)19-32(40-24)41-30-20-31(35-3)39-25(2)34(30)38-23-28-17-11-6-12-18-28/h4-18,24-25,29-34H,19-23H2,1-3H3/t24-,25-,29-,30-,31-,32+,33-,34-/m1/s1. The number of benzene rings is 3. The summed E-state index contributed by atoms with van der Waals surface area (Å²) in [5, 5.41) is 0. The molecular weight excluding hydrogens is 520 g/mol. The maximum absolute atomic E-state index is 6.66. The minimum atomic E-state index is -0.488. The third-order valence-corrected chi connectivity index (χ3v) is 7.71. The summed E-state index contributed by atoms with van der Waals surface area (Å²) in [7, 11) is 1.65. The molecule has 0 amide bonds. The van der Waals surface area contributed by atoms with Crippen LogP contribution in [0.15, 0.2) is 91.0 Å². The fraction of sp³-hybridized carbons (Fsp3) is 0.471. The zero-order chi connectivity index (χ0) is 28.4. The smallest absolute Gasteiger partial charge is 0.161 e. The van der Waals surface area contributed by atoms with Crippen molar-refractivity contribution in [2.45, 2.75) is 95.7 Å². The van der Waals surface area contributed by atoms with Gasteiger partial charge < -0.3 is 33.2 Å². The van der Waals surface area contributed by atoms with Gasteiger partial charge in [0.25, 0.3) is 0 Å². The Balaban J connectivity index is 1.27. The second-order valence-electron chi connectivity index (χ2n) is 10.8. The summed E-state index contributed by atoms with van der Waals surface area (Å²) < 4.78 is 44.0. The molecule has 5 rings (SSSR count). The van der Waals surface area contributed by atoms with Crippen molar-refractivity contribution in [3.63, 3.8) is 0 Å². The third kappa shape index (κ3) is 8.46. The first kappa shape index (κ1) is 29.9. The zero-order valence-corrected chi connectivity index (χ0v) is 24.2. The molecule has 7 heteroatoms. The average Bonchev–Trinajstić information content (AvgIpc) is 3.00. The van der Waals surface area contributed by atoms with E-state index >= 15 is 0 Å². The number of rotatable bonds is 12. The Morgan fingerprint density at radius 2 is 0.976 bits per heavy atom. The molecule has 2 fully saturated rings. The van der Waals surface area contributed by atoms with Crippen molar-refractivity contribution in [2.75, 3.05) is 7.11 Å². The summed E-state index contributed by atoms with van der Waals surface area (Å²) in [6.45, 7) is 5.47. The van der Waals surface area contributed by atoms with Crippen LogP contribution in [-0.4, -0.2) is 56.3 Å². The van der Waals surface area contributed by atoms with Crippen molar-refractivity contribution in [1.29, 1.82) is 0 Å². The molecule has 3 aromatic carbocycles. The van der Waals surface area contributed by atoms with Crippen molar-refractivity contribution in [1.82, 2.24) is 0 Å². The molecule has 7 nitrogen and oxygen atoms in total. The SMILES string of the molecule is CO[C@H]1C[C@@H](O[C@H]2C[C@@H](OCc3ccccc3)[C@H](OCc3ccccc3)[C@@H](C)O2)[C@H](OCc2ccccc2)[C@@H](C)O1. The highest BCUT2D eigenvalue weighted by Gasteiger charge is 2.44. The fourth-order valence-corrected chi connectivity index (χ4v) is 5.52. The van der Waals surface area contributed by atoms with Crippen LogP contribution < -0.4 is 0 Å². The summed E-state index contributed by atoms with van der Waals surface area (Å²) in [6.07, 6.45) is -1.26. The van der Waals surface area contributed by atoms with Crippen LogP contribution in [0.5, 0.6) is 0 Å². The molecule has 3 aromatic rings. The van der Waals surface area contributed by atoms with Crippen LogP contribution >= 0.6 is 0 Å². The second-order valence-corrected chi connectivity index (χ2v) is 10.8. The van der Waals surface area contributed by atoms with Gasteiger partial charge in [0.1, 0.15) is 12.2 Å². The molecule has 2 aliphatic heterocycles. The van der Waals surface area contributed by atoms with E-state index in [0.29, 0.717) is 32.7 Å². The van der Waals surface area contributed by atoms with Crippen LogP contribution in [0.2, 0.25) is 0 Å². The van der Waals surface area contributed by atoms with E-state index in [1.165, 1.54) is 0 Å². The molecule has 220 valence electrons. The molecule has 0 saturated carbocycles. The molecule has 0 radical (unpaired) electrons. The summed E-state index contributed by atoms with van der Waals surface area (Å²) >= 11 is 0. The van der Waals surface area contributed by atoms with Crippen molar-refractivity contribution >= 4 is 0 Å². The van der Waals surface area contributed by atoms with E-state index < -0.39 is 6.29 Å². The molecule has 0 aromatic heterocycles. The summed E-state index contributed by atoms with van der Waals surface area (Å²) in [5.41, 5.74) is 3.32. The van der Waals surface area contributed by atoms with E-state index in [9.17, 15) is 0 Å². The molecule has 41 heavy (non-hydrogen) atoms. The van der Waals surface area contributed by atoms with E-state index in [1.807, 2.05) is 68.4 Å². The minimum Gasteiger partial charge on any atom is -0.371 e. The van der Waals surface area contributed by atoms with Crippen LogP contribution in [-0.2, 0) is 53.0 Å². The van der Waals surface area contributed by atoms with Crippen molar-refractivity contribution < 1.29 is 33.2 Å². The lowest BCUT2D eigenvalue weighted by molar-refractivity contribution is -0.316. The van der Waals surface area contributed by atoms with E-state index in [1.54, 1.807) is 7.11 Å². The van der Waals surface area contributed by atoms with E-state index in [0.717, 1.165) is 16.7 Å². The predicted octanol–water partition coefficient (Wildman–Crippen LogP) is 6.04. The highest BCUT2D eigenvalue weighted by atomic mass is 16.7. The monoisotopic (exact) mass is 562 g/mol. The Kier molecular flexibility index (Phi) is 10.9. The first-order chi connectivity index (χ1) is 20.1. The Labute approximate surface area is 243 Å². The van der Waals surface area contributed by atoms with Crippen LogP contribution in [0.25, 0.3) is 0 Å². The average molecular weight is 563 g/mol. The molecule has 2 saturated heterocycles. The van der Waals surface area contributed by atoms with Gasteiger partial charge in [-0.25, -0.2) is 0 Å². The first-order valence-electron chi connectivity index (χ1n) is 14.5. The second kappa shape index (κ2) is 15.0. The molecule has 2 aliphatic rings. The van der Waals surface area contributed by atoms with Gasteiger partial charge in [0.05, 0.1) is 44.2 Å². The van der Waals surface area contributed by atoms with Gasteiger partial charge in [0.15, 0.2) is 12.6 Å². The highest BCUT2D eigenvalue weighted by Crippen LogP contribution is 2.32. The van der Waals surface area contributed by atoms with Crippen molar-refractivity contribution in [2.24, 2.45) is 0 Å². The fourth-order valence-electron chi connectivity index (χ4n) is 5.52. The van der Waals surface area contributed by atoms with Crippen molar-refractivity contribution in [3.8, 4) is 0 Å². The van der Waals surface area contributed by atoms with E-state index in [4.69, 9.17) is 33.2 Å². The van der Waals surface area contributed by atoms with Crippen LogP contribution in [0, 0.1) is 0 Å². The largest absolute Gasteiger partial charge is 0.371 e. The van der Waals surface area contributed by atoms with Gasteiger partial charge in [0, 0.05) is 20.0 Å². The predicted molar refractivity (Wildman–Crippen MR) is 155 cm³/mol. The molecule has 0 unspecified atom stereocenters. The van der Waals surface area contributed by atoms with Crippen LogP contribution in [0.4, 0.5) is 0 Å². The number of hydrogen-bond donors (Lipinski definition) is 0. The molecule has 0 spiro atoms. The number of ether oxygens (including phenoxy) is 7. The first-order valence-corrected chi connectivity index (χ1v) is 14.5. The summed E-state index contributed by atoms with van der Waals surface area (Å²) in [4.78, 5) is 0. The topological polar surface area (TPSA) is 64.6 Å². The molecule has 0 aliphatic carbocycles. The molecule has 8 atom stereocenters. The Hall–Kier alpha value is -2.62. The van der Waals surface area contributed by atoms with Gasteiger partial charge in [-0.1, -0.05) is 91.0 Å². The third-order valence-electron chi connectivity index (χ3n) is 7.71. The normalized spacial score (nSPS) is 30.2. The quantitative estimate of drug-likeness (QED) is 0.267. The minimum absolute atomic E-state index is 0.212. The van der Waals surface area contributed by atoms with Gasteiger partial charge >= 0.3 is 0 Å². The highest BCUT2D eigenvalue weighted by molar-refractivity contribution is 5.15. The van der Waals surface area contributed by atoms with Gasteiger partial charge in [-0.3, -0.25) is 0 Å². The number of methoxy groups -OCH3 is 1. The maximum atomic E-state index is 6.66. The zero-order valence-electron chi connectivity index (χ0n) is 24.2. The van der Waals surface area contributed by atoms with Gasteiger partial charge in [-0.2, -0.15) is 0 Å². The summed E-state index contributed by atoms with van der Waals surface area (Å²) in [5.74, 6) is 0. The maximum Gasteiger partial charge on any atom is 0.161 e. The van der Waals surface area contributed by atoms with Gasteiger partial charge in [0.2, 0.25) is 0 Å². The summed E-state index contributed by atoms with van der Waals surface area (Å²) in [6, 6.07) is 30.5. The number of hydrogen-bond acceptors (Lipinski definition) is 7. The lowest BCUT2D eigenvalue weighted by atomic mass is 9.99. The van der Waals surface area contributed by atoms with E-state index in [-0.39, 0.29) is 42.9 Å². The lowest BCUT2D eigenvalue weighted by Gasteiger charge is -2.44. The van der Waals surface area contributed by atoms with Gasteiger partial charge in [-0.15, -0.1) is 0 Å².